The van der Waals surface area contributed by atoms with E-state index < -0.39 is 140 Å². The van der Waals surface area contributed by atoms with Crippen molar-refractivity contribution in [3.05, 3.63) is 135 Å². The number of aryl methyl sites for hydroxylation is 2. The van der Waals surface area contributed by atoms with Crippen LogP contribution in [0.15, 0.2) is 36.3 Å². The van der Waals surface area contributed by atoms with Crippen LogP contribution < -0.4 is 21.0 Å². The molecule has 0 saturated carbocycles. The molecule has 1 aromatic heterocycles. The fourth-order valence-electron chi connectivity index (χ4n) is 6.93. The van der Waals surface area contributed by atoms with Gasteiger partial charge in [-0.2, -0.15) is 4.57 Å². The molecule has 0 N–H and O–H groups in total. The van der Waals surface area contributed by atoms with Crippen molar-refractivity contribution < 1.29 is 70.4 Å². The van der Waals surface area contributed by atoms with E-state index in [9.17, 15) is 13.2 Å². The van der Waals surface area contributed by atoms with E-state index in [1.165, 1.54) is 31.2 Å². The average molecular weight is 725 g/mol. The van der Waals surface area contributed by atoms with Crippen LogP contribution in [0.1, 0.15) is 37.1 Å². The van der Waals surface area contributed by atoms with E-state index in [-0.39, 0.29) is 24.2 Å². The molecule has 1 aliphatic heterocycles. The normalized spacial score (nSPS) is 14.0. The Morgan fingerprint density at radius 2 is 0.940 bits per heavy atom. The number of benzene rings is 3. The predicted molar refractivity (Wildman–Crippen MR) is 150 cm³/mol. The molecule has 0 spiro atoms. The molecule has 1 nitrogen and oxygen atoms in total. The number of hydrogen-bond acceptors (Lipinski definition) is 0. The maximum absolute atomic E-state index is 16.2. The zero-order chi connectivity index (χ0) is 37.1. The molecule has 264 valence electrons. The van der Waals surface area contributed by atoms with Crippen LogP contribution in [0.2, 0.25) is 0 Å². The number of fused-ring (bicyclic) bond motifs is 1. The minimum absolute atomic E-state index is 0.112. The quantitative estimate of drug-likeness (QED) is 0.0336. The summed E-state index contributed by atoms with van der Waals surface area (Å²) in [5.41, 5.74) is -9.14. The van der Waals surface area contributed by atoms with Gasteiger partial charge in [-0.15, -0.1) is 28.4 Å². The van der Waals surface area contributed by atoms with Crippen LogP contribution in [0.5, 0.6) is 0 Å². The number of allylic oxidation sites excluding steroid dienone is 3. The molecular weight excluding hydrogens is 706 g/mol. The summed E-state index contributed by atoms with van der Waals surface area (Å²) in [4.78, 5) is 0. The monoisotopic (exact) mass is 725 g/mol. The SMILES string of the molecule is C=CCCC/C(=C1\CCc2cccc(C)[n+]21)[B-](c1c(F)c(F)c(F)c(F)c1F)(c1c(F)c(F)c(F)c(F)c1F)c1c(F)c(F)c(F)c(F)c1F. The Bertz CT molecular complexity index is 1890. The topological polar surface area (TPSA) is 3.88 Å². The minimum atomic E-state index is -5.85. The minimum Gasteiger partial charge on any atom is -0.207 e. The summed E-state index contributed by atoms with van der Waals surface area (Å²) < 4.78 is 232. The van der Waals surface area contributed by atoms with Crippen LogP contribution in [0, 0.1) is 94.2 Å². The zero-order valence-electron chi connectivity index (χ0n) is 25.2. The lowest BCUT2D eigenvalue weighted by molar-refractivity contribution is -0.589. The molecule has 0 aliphatic carbocycles. The van der Waals surface area contributed by atoms with Crippen molar-refractivity contribution >= 4 is 28.2 Å². The van der Waals surface area contributed by atoms with Gasteiger partial charge in [0.25, 0.3) is 0 Å². The molecule has 0 unspecified atom stereocenters. The summed E-state index contributed by atoms with van der Waals surface area (Å²) in [6, 6.07) is 4.24. The largest absolute Gasteiger partial charge is 0.207 e. The summed E-state index contributed by atoms with van der Waals surface area (Å²) in [5, 5.41) is 0. The van der Waals surface area contributed by atoms with Crippen LogP contribution >= 0.6 is 0 Å². The molecule has 4 aromatic rings. The second kappa shape index (κ2) is 13.2. The number of hydrogen-bond donors (Lipinski definition) is 0. The van der Waals surface area contributed by atoms with Crippen molar-refractivity contribution in [1.29, 1.82) is 0 Å². The molecule has 2 heterocycles. The zero-order valence-corrected chi connectivity index (χ0v) is 25.2. The number of rotatable bonds is 8. The van der Waals surface area contributed by atoms with Crippen molar-refractivity contribution in [2.24, 2.45) is 0 Å². The lowest BCUT2D eigenvalue weighted by atomic mass is 9.11. The van der Waals surface area contributed by atoms with Gasteiger partial charge >= 0.3 is 0 Å². The third kappa shape index (κ3) is 5.10. The molecule has 1 aliphatic rings. The Kier molecular flexibility index (Phi) is 9.67. The van der Waals surface area contributed by atoms with E-state index in [2.05, 4.69) is 6.58 Å². The standard InChI is InChI=1S/C33H19BF15N/c1-3-4-5-9-14(15-11-10-13-8-6-7-12(2)50(13)15)34(16-19(35)25(41)31(47)26(42)20(16)36,17-21(37)27(43)32(48)28(44)22(17)38)18-23(39)29(45)33(49)30(46)24(18)40/h3,6-8H,1,4-5,9-11H2,2H3/b15-14-. The van der Waals surface area contributed by atoms with Gasteiger partial charge in [0.15, 0.2) is 63.7 Å². The van der Waals surface area contributed by atoms with E-state index in [4.69, 9.17) is 0 Å². The van der Waals surface area contributed by atoms with Crippen molar-refractivity contribution in [2.45, 2.75) is 39.0 Å². The molecule has 0 fully saturated rings. The van der Waals surface area contributed by atoms with E-state index in [0.29, 0.717) is 0 Å². The highest BCUT2D eigenvalue weighted by Crippen LogP contribution is 2.37. The smallest absolute Gasteiger partial charge is 0.200 e. The molecule has 17 heteroatoms. The molecule has 50 heavy (non-hydrogen) atoms. The first-order chi connectivity index (χ1) is 23.5. The van der Waals surface area contributed by atoms with Crippen LogP contribution in [0.3, 0.4) is 0 Å². The van der Waals surface area contributed by atoms with Crippen molar-refractivity contribution in [1.82, 2.24) is 0 Å². The summed E-state index contributed by atoms with van der Waals surface area (Å²) in [6.45, 7) is 4.79. The van der Waals surface area contributed by atoms with Gasteiger partial charge < -0.3 is 0 Å². The van der Waals surface area contributed by atoms with Crippen molar-refractivity contribution in [3.63, 3.8) is 0 Å². The first-order valence-corrected chi connectivity index (χ1v) is 14.5. The first-order valence-electron chi connectivity index (χ1n) is 14.5. The number of aromatic nitrogens is 1. The number of pyridine rings is 1. The van der Waals surface area contributed by atoms with Crippen LogP contribution in [0.4, 0.5) is 65.9 Å². The van der Waals surface area contributed by atoms with Gasteiger partial charge in [-0.1, -0.05) is 12.5 Å². The molecule has 0 bridgehead atoms. The molecule has 0 radical (unpaired) electrons. The lowest BCUT2D eigenvalue weighted by Gasteiger charge is -2.46. The third-order valence-electron chi connectivity index (χ3n) is 8.93. The summed E-state index contributed by atoms with van der Waals surface area (Å²) in [7, 11) is 0. The van der Waals surface area contributed by atoms with Gasteiger partial charge in [-0.25, -0.2) is 65.9 Å². The van der Waals surface area contributed by atoms with E-state index in [1.54, 1.807) is 0 Å². The third-order valence-corrected chi connectivity index (χ3v) is 8.93. The average Bonchev–Trinajstić information content (AvgIpc) is 3.53. The second-order valence-electron chi connectivity index (χ2n) is 11.5. The highest BCUT2D eigenvalue weighted by Gasteiger charge is 2.52. The molecule has 0 atom stereocenters. The predicted octanol–water partition coefficient (Wildman–Crippen LogP) is 7.59. The molecular formula is C33H19BF15N. The van der Waals surface area contributed by atoms with Gasteiger partial charge in [0, 0.05) is 31.9 Å². The van der Waals surface area contributed by atoms with Crippen LogP contribution in [-0.4, -0.2) is 6.15 Å². The molecule has 5 rings (SSSR count). The van der Waals surface area contributed by atoms with E-state index >= 15 is 52.7 Å². The van der Waals surface area contributed by atoms with Crippen LogP contribution in [-0.2, 0) is 6.42 Å². The molecule has 3 aromatic carbocycles. The van der Waals surface area contributed by atoms with Gasteiger partial charge in [0.2, 0.25) is 0 Å². The number of unbranched alkanes of at least 4 members (excludes halogenated alkanes) is 1. The van der Waals surface area contributed by atoms with E-state index in [1.807, 2.05) is 0 Å². The Balaban J connectivity index is 2.30. The van der Waals surface area contributed by atoms with Crippen molar-refractivity contribution in [2.75, 3.05) is 0 Å². The van der Waals surface area contributed by atoms with Gasteiger partial charge in [0.05, 0.1) is 0 Å². The maximum Gasteiger partial charge on any atom is 0.200 e. The number of halogens is 15. The van der Waals surface area contributed by atoms with Crippen LogP contribution in [0.25, 0.3) is 5.70 Å². The first kappa shape index (κ1) is 36.6. The lowest BCUT2D eigenvalue weighted by Crippen LogP contribution is -2.75. The Morgan fingerprint density at radius 1 is 0.580 bits per heavy atom. The fraction of sp³-hybridized carbons (Fsp3) is 0.182. The Labute approximate surface area is 272 Å². The van der Waals surface area contributed by atoms with Gasteiger partial charge in [-0.3, -0.25) is 0 Å². The highest BCUT2D eigenvalue weighted by atomic mass is 19.2. The van der Waals surface area contributed by atoms with Gasteiger partial charge in [-0.05, 0) is 18.9 Å². The van der Waals surface area contributed by atoms with Gasteiger partial charge in [0.1, 0.15) is 46.7 Å². The summed E-state index contributed by atoms with van der Waals surface area (Å²) in [5.74, 6) is -45.2. The highest BCUT2D eigenvalue weighted by molar-refractivity contribution is 7.16. The summed E-state index contributed by atoms with van der Waals surface area (Å²) >= 11 is 0. The fourth-order valence-corrected chi connectivity index (χ4v) is 6.93. The molecule has 0 saturated heterocycles. The molecule has 0 amide bonds. The number of nitrogens with zero attached hydrogens (tertiary/aromatic N) is 1. The maximum atomic E-state index is 16.2. The van der Waals surface area contributed by atoms with Crippen molar-refractivity contribution in [3.8, 4) is 0 Å². The van der Waals surface area contributed by atoms with E-state index in [0.717, 1.165) is 4.57 Å². The summed E-state index contributed by atoms with van der Waals surface area (Å²) in [6.07, 6.45) is -6.85. The Hall–Kier alpha value is -4.70. The second-order valence-corrected chi connectivity index (χ2v) is 11.5. The Morgan fingerprint density at radius 3 is 1.30 bits per heavy atom.